The average molecular weight is 351 g/mol. The molecule has 0 unspecified atom stereocenters. The summed E-state index contributed by atoms with van der Waals surface area (Å²) >= 11 is 4.95. The van der Waals surface area contributed by atoms with Gasteiger partial charge in [-0.3, -0.25) is 4.79 Å². The maximum Gasteiger partial charge on any atom is 0.173 e. The molecule has 0 aliphatic carbocycles. The Morgan fingerprint density at radius 3 is 2.50 bits per heavy atom. The molecule has 0 saturated carbocycles. The van der Waals surface area contributed by atoms with Crippen molar-refractivity contribution in [3.05, 3.63) is 58.1 Å². The lowest BCUT2D eigenvalue weighted by molar-refractivity contribution is 0.102. The molecule has 2 rings (SSSR count). The molecule has 2 nitrogen and oxygen atoms in total. The van der Waals surface area contributed by atoms with Crippen LogP contribution in [0.5, 0.6) is 5.75 Å². The van der Waals surface area contributed by atoms with Gasteiger partial charge in [0.1, 0.15) is 5.75 Å². The molecule has 2 aromatic rings. The first-order valence-corrected chi connectivity index (χ1v) is 7.94. The standard InChI is InChI=1S/C16H15BrO2S/c1-11-3-6-13(7-4-11)20-10-15(18)12-5-8-16(19-2)14(17)9-12/h3-9H,10H2,1-2H3. The number of methoxy groups -OCH3 is 1. The van der Waals surface area contributed by atoms with Crippen molar-refractivity contribution >= 4 is 33.5 Å². The Hall–Kier alpha value is -1.26. The molecule has 0 saturated heterocycles. The van der Waals surface area contributed by atoms with Gasteiger partial charge in [0.2, 0.25) is 0 Å². The van der Waals surface area contributed by atoms with Crippen molar-refractivity contribution in [3.63, 3.8) is 0 Å². The van der Waals surface area contributed by atoms with Crippen molar-refractivity contribution < 1.29 is 9.53 Å². The first-order valence-electron chi connectivity index (χ1n) is 6.16. The fourth-order valence-corrected chi connectivity index (χ4v) is 3.04. The van der Waals surface area contributed by atoms with E-state index in [9.17, 15) is 4.79 Å². The zero-order valence-electron chi connectivity index (χ0n) is 11.4. The third-order valence-corrected chi connectivity index (χ3v) is 4.50. The normalized spacial score (nSPS) is 10.3. The number of benzene rings is 2. The van der Waals surface area contributed by atoms with E-state index in [-0.39, 0.29) is 5.78 Å². The Labute approximate surface area is 131 Å². The van der Waals surface area contributed by atoms with E-state index in [1.54, 1.807) is 37.1 Å². The number of Topliss-reactive ketones (excluding diaryl/α,β-unsaturated/α-hetero) is 1. The number of ether oxygens (including phenoxy) is 1. The monoisotopic (exact) mass is 350 g/mol. The van der Waals surface area contributed by atoms with Gasteiger partial charge in [0.15, 0.2) is 5.78 Å². The average Bonchev–Trinajstić information content (AvgIpc) is 2.46. The third kappa shape index (κ3) is 3.87. The minimum atomic E-state index is 0.110. The molecule has 104 valence electrons. The second kappa shape index (κ2) is 6.95. The summed E-state index contributed by atoms with van der Waals surface area (Å²) < 4.78 is 5.95. The van der Waals surface area contributed by atoms with Crippen LogP contribution < -0.4 is 4.74 Å². The molecule has 20 heavy (non-hydrogen) atoms. The fraction of sp³-hybridized carbons (Fsp3) is 0.188. The van der Waals surface area contributed by atoms with Gasteiger partial charge in [-0.25, -0.2) is 0 Å². The molecular formula is C16H15BrO2S. The molecule has 2 aromatic carbocycles. The molecule has 0 spiro atoms. The van der Waals surface area contributed by atoms with Crippen LogP contribution >= 0.6 is 27.7 Å². The van der Waals surface area contributed by atoms with E-state index >= 15 is 0 Å². The van der Waals surface area contributed by atoms with Gasteiger partial charge >= 0.3 is 0 Å². The molecule has 0 aliphatic rings. The lowest BCUT2D eigenvalue weighted by Gasteiger charge is -2.06. The van der Waals surface area contributed by atoms with E-state index < -0.39 is 0 Å². The molecule has 0 N–H and O–H groups in total. The molecule has 0 atom stereocenters. The van der Waals surface area contributed by atoms with Gasteiger partial charge in [-0.15, -0.1) is 11.8 Å². The lowest BCUT2D eigenvalue weighted by atomic mass is 10.1. The van der Waals surface area contributed by atoms with Crippen molar-refractivity contribution in [2.45, 2.75) is 11.8 Å². The molecular weight excluding hydrogens is 336 g/mol. The molecule has 0 radical (unpaired) electrons. The van der Waals surface area contributed by atoms with Gasteiger partial charge < -0.3 is 4.74 Å². The van der Waals surface area contributed by atoms with Crippen molar-refractivity contribution in [1.82, 2.24) is 0 Å². The number of thioether (sulfide) groups is 1. The van der Waals surface area contributed by atoms with Crippen LogP contribution in [-0.4, -0.2) is 18.6 Å². The highest BCUT2D eigenvalue weighted by Crippen LogP contribution is 2.27. The number of carbonyl (C=O) groups excluding carboxylic acids is 1. The van der Waals surface area contributed by atoms with Gasteiger partial charge in [-0.1, -0.05) is 17.7 Å². The van der Waals surface area contributed by atoms with E-state index in [1.165, 1.54) is 5.56 Å². The summed E-state index contributed by atoms with van der Waals surface area (Å²) in [5.74, 6) is 1.27. The SMILES string of the molecule is COc1ccc(C(=O)CSc2ccc(C)cc2)cc1Br. The second-order valence-corrected chi connectivity index (χ2v) is 6.28. The molecule has 0 amide bonds. The lowest BCUT2D eigenvalue weighted by Crippen LogP contribution is -2.02. The van der Waals surface area contributed by atoms with E-state index in [1.807, 2.05) is 12.1 Å². The summed E-state index contributed by atoms with van der Waals surface area (Å²) in [6, 6.07) is 13.6. The van der Waals surface area contributed by atoms with Crippen LogP contribution in [0.3, 0.4) is 0 Å². The Kier molecular flexibility index (Phi) is 5.26. The zero-order valence-corrected chi connectivity index (χ0v) is 13.8. The number of hydrogen-bond acceptors (Lipinski definition) is 3. The van der Waals surface area contributed by atoms with Crippen LogP contribution in [0.15, 0.2) is 51.8 Å². The zero-order chi connectivity index (χ0) is 14.5. The van der Waals surface area contributed by atoms with E-state index in [2.05, 4.69) is 35.0 Å². The highest BCUT2D eigenvalue weighted by Gasteiger charge is 2.09. The van der Waals surface area contributed by atoms with Crippen LogP contribution in [-0.2, 0) is 0 Å². The Balaban J connectivity index is 2.01. The number of aryl methyl sites for hydroxylation is 1. The first-order chi connectivity index (χ1) is 9.60. The van der Waals surface area contributed by atoms with Crippen LogP contribution in [0.2, 0.25) is 0 Å². The predicted molar refractivity (Wildman–Crippen MR) is 86.9 cm³/mol. The van der Waals surface area contributed by atoms with Gasteiger partial charge in [0.05, 0.1) is 17.3 Å². The van der Waals surface area contributed by atoms with E-state index in [0.717, 1.165) is 15.1 Å². The molecule has 0 fully saturated rings. The van der Waals surface area contributed by atoms with E-state index in [4.69, 9.17) is 4.74 Å². The summed E-state index contributed by atoms with van der Waals surface area (Å²) in [5, 5.41) is 0. The number of rotatable bonds is 5. The summed E-state index contributed by atoms with van der Waals surface area (Å²) in [6.45, 7) is 2.05. The maximum atomic E-state index is 12.2. The molecule has 4 heteroatoms. The molecule has 0 aliphatic heterocycles. The third-order valence-electron chi connectivity index (χ3n) is 2.86. The summed E-state index contributed by atoms with van der Waals surface area (Å²) in [6.07, 6.45) is 0. The predicted octanol–water partition coefficient (Wildman–Crippen LogP) is 4.74. The number of ketones is 1. The summed E-state index contributed by atoms with van der Waals surface area (Å²) in [4.78, 5) is 13.3. The maximum absolute atomic E-state index is 12.2. The number of carbonyl (C=O) groups is 1. The van der Waals surface area contributed by atoms with Crippen LogP contribution in [0.1, 0.15) is 15.9 Å². The van der Waals surface area contributed by atoms with Gasteiger partial charge in [0, 0.05) is 10.5 Å². The summed E-state index contributed by atoms with van der Waals surface area (Å²) in [5.41, 5.74) is 1.91. The van der Waals surface area contributed by atoms with Crippen molar-refractivity contribution in [2.24, 2.45) is 0 Å². The Morgan fingerprint density at radius 2 is 1.90 bits per heavy atom. The Bertz CT molecular complexity index is 608. The molecule has 0 bridgehead atoms. The Morgan fingerprint density at radius 1 is 1.20 bits per heavy atom. The van der Waals surface area contributed by atoms with Gasteiger partial charge in [0.25, 0.3) is 0 Å². The van der Waals surface area contributed by atoms with Crippen molar-refractivity contribution in [3.8, 4) is 5.75 Å². The minimum absolute atomic E-state index is 0.110. The minimum Gasteiger partial charge on any atom is -0.496 e. The smallest absolute Gasteiger partial charge is 0.173 e. The van der Waals surface area contributed by atoms with Crippen molar-refractivity contribution in [1.29, 1.82) is 0 Å². The van der Waals surface area contributed by atoms with Crippen molar-refractivity contribution in [2.75, 3.05) is 12.9 Å². The highest BCUT2D eigenvalue weighted by molar-refractivity contribution is 9.10. The van der Waals surface area contributed by atoms with Gasteiger partial charge in [-0.05, 0) is 53.2 Å². The number of halogens is 1. The first kappa shape index (κ1) is 15.1. The van der Waals surface area contributed by atoms with Gasteiger partial charge in [-0.2, -0.15) is 0 Å². The molecule has 0 heterocycles. The quantitative estimate of drug-likeness (QED) is 0.575. The van der Waals surface area contributed by atoms with E-state index in [0.29, 0.717) is 11.3 Å². The highest BCUT2D eigenvalue weighted by atomic mass is 79.9. The van der Waals surface area contributed by atoms with Crippen LogP contribution in [0.25, 0.3) is 0 Å². The molecule has 0 aromatic heterocycles. The van der Waals surface area contributed by atoms with Crippen LogP contribution in [0, 0.1) is 6.92 Å². The number of hydrogen-bond donors (Lipinski definition) is 0. The topological polar surface area (TPSA) is 26.3 Å². The fourth-order valence-electron chi connectivity index (χ4n) is 1.71. The van der Waals surface area contributed by atoms with Crippen LogP contribution in [0.4, 0.5) is 0 Å². The largest absolute Gasteiger partial charge is 0.496 e. The summed E-state index contributed by atoms with van der Waals surface area (Å²) in [7, 11) is 1.61. The second-order valence-electron chi connectivity index (χ2n) is 4.37.